The molecule has 2 aromatic rings. The Bertz CT molecular complexity index is 713. The van der Waals surface area contributed by atoms with Crippen molar-refractivity contribution in [2.75, 3.05) is 13.1 Å². The molecule has 4 nitrogen and oxygen atoms in total. The van der Waals surface area contributed by atoms with Crippen molar-refractivity contribution in [2.45, 2.75) is 31.9 Å². The normalized spacial score (nSPS) is 17.1. The highest BCUT2D eigenvalue weighted by molar-refractivity contribution is 7.88. The molecule has 0 atom stereocenters. The van der Waals surface area contributed by atoms with Crippen molar-refractivity contribution in [3.63, 3.8) is 0 Å². The summed E-state index contributed by atoms with van der Waals surface area (Å²) < 4.78 is 26.3. The predicted molar refractivity (Wildman–Crippen MR) is 81.1 cm³/mol. The van der Waals surface area contributed by atoms with Crippen molar-refractivity contribution in [1.29, 1.82) is 0 Å². The third-order valence-electron chi connectivity index (χ3n) is 4.02. The monoisotopic (exact) mass is 292 g/mol. The van der Waals surface area contributed by atoms with E-state index in [1.54, 1.807) is 4.31 Å². The van der Waals surface area contributed by atoms with E-state index in [1.807, 2.05) is 24.4 Å². The van der Waals surface area contributed by atoms with E-state index in [0.717, 1.165) is 35.7 Å². The lowest BCUT2D eigenvalue weighted by Gasteiger charge is -2.15. The van der Waals surface area contributed by atoms with Crippen LogP contribution in [0.2, 0.25) is 0 Å². The summed E-state index contributed by atoms with van der Waals surface area (Å²) in [6.45, 7) is 3.46. The molecule has 1 aromatic carbocycles. The number of benzene rings is 1. The number of sulfonamides is 1. The molecule has 0 spiro atoms. The van der Waals surface area contributed by atoms with E-state index in [0.29, 0.717) is 13.1 Å². The SMILES string of the molecule is CCc1c[nH]c2ccc(CS(=O)(=O)N3CCCC3)cc12. The van der Waals surface area contributed by atoms with Gasteiger partial charge in [-0.05, 0) is 42.5 Å². The lowest BCUT2D eigenvalue weighted by molar-refractivity contribution is 0.476. The second-order valence-corrected chi connectivity index (χ2v) is 7.38. The van der Waals surface area contributed by atoms with E-state index >= 15 is 0 Å². The number of nitrogens with one attached hydrogen (secondary N) is 1. The highest BCUT2D eigenvalue weighted by Crippen LogP contribution is 2.23. The smallest absolute Gasteiger partial charge is 0.218 e. The van der Waals surface area contributed by atoms with Crippen molar-refractivity contribution in [1.82, 2.24) is 9.29 Å². The van der Waals surface area contributed by atoms with Gasteiger partial charge in [-0.2, -0.15) is 0 Å². The standard InChI is InChI=1S/C15H20N2O2S/c1-2-13-10-16-15-6-5-12(9-14(13)15)11-20(18,19)17-7-3-4-8-17/h5-6,9-10,16H,2-4,7-8,11H2,1H3. The van der Waals surface area contributed by atoms with Gasteiger partial charge < -0.3 is 4.98 Å². The molecule has 2 heterocycles. The molecule has 20 heavy (non-hydrogen) atoms. The molecule has 1 saturated heterocycles. The lowest BCUT2D eigenvalue weighted by atomic mass is 10.1. The topological polar surface area (TPSA) is 53.2 Å². The largest absolute Gasteiger partial charge is 0.361 e. The van der Waals surface area contributed by atoms with E-state index in [1.165, 1.54) is 5.56 Å². The average molecular weight is 292 g/mol. The molecule has 0 radical (unpaired) electrons. The van der Waals surface area contributed by atoms with Gasteiger partial charge in [0.1, 0.15) is 0 Å². The molecular formula is C15H20N2O2S. The van der Waals surface area contributed by atoms with Gasteiger partial charge in [-0.3, -0.25) is 0 Å². The van der Waals surface area contributed by atoms with Crippen LogP contribution in [0.5, 0.6) is 0 Å². The van der Waals surface area contributed by atoms with Crippen molar-refractivity contribution in [2.24, 2.45) is 0 Å². The number of aromatic amines is 1. The van der Waals surface area contributed by atoms with Crippen LogP contribution in [0.3, 0.4) is 0 Å². The number of H-pyrrole nitrogens is 1. The predicted octanol–water partition coefficient (Wildman–Crippen LogP) is 2.66. The van der Waals surface area contributed by atoms with Gasteiger partial charge in [0.15, 0.2) is 0 Å². The van der Waals surface area contributed by atoms with Gasteiger partial charge in [-0.25, -0.2) is 12.7 Å². The molecular weight excluding hydrogens is 272 g/mol. The average Bonchev–Trinajstić information content (AvgIpc) is 3.07. The van der Waals surface area contributed by atoms with Gasteiger partial charge in [0.05, 0.1) is 5.75 Å². The summed E-state index contributed by atoms with van der Waals surface area (Å²) in [6.07, 6.45) is 4.91. The third kappa shape index (κ3) is 2.47. The fourth-order valence-corrected chi connectivity index (χ4v) is 4.47. The van der Waals surface area contributed by atoms with E-state index in [-0.39, 0.29) is 5.75 Å². The number of rotatable bonds is 4. The Morgan fingerprint density at radius 2 is 2.00 bits per heavy atom. The Morgan fingerprint density at radius 3 is 2.70 bits per heavy atom. The van der Waals surface area contributed by atoms with Crippen molar-refractivity contribution >= 4 is 20.9 Å². The van der Waals surface area contributed by atoms with Crippen LogP contribution in [-0.4, -0.2) is 30.8 Å². The molecule has 1 aliphatic rings. The summed E-state index contributed by atoms with van der Waals surface area (Å²) in [4.78, 5) is 3.22. The quantitative estimate of drug-likeness (QED) is 0.942. The van der Waals surface area contributed by atoms with Crippen LogP contribution in [0.4, 0.5) is 0 Å². The van der Waals surface area contributed by atoms with Crippen LogP contribution in [0, 0.1) is 0 Å². The first kappa shape index (κ1) is 13.6. The molecule has 1 aromatic heterocycles. The molecule has 0 saturated carbocycles. The Labute approximate surface area is 119 Å². The molecule has 3 rings (SSSR count). The first-order valence-electron chi connectivity index (χ1n) is 7.17. The molecule has 1 N–H and O–H groups in total. The molecule has 1 fully saturated rings. The first-order valence-corrected chi connectivity index (χ1v) is 8.78. The minimum Gasteiger partial charge on any atom is -0.361 e. The second-order valence-electron chi connectivity index (χ2n) is 5.41. The number of aryl methyl sites for hydroxylation is 1. The summed E-state index contributed by atoms with van der Waals surface area (Å²) in [5, 5.41) is 1.14. The van der Waals surface area contributed by atoms with Crippen LogP contribution < -0.4 is 0 Å². The van der Waals surface area contributed by atoms with Crippen LogP contribution >= 0.6 is 0 Å². The highest BCUT2D eigenvalue weighted by atomic mass is 32.2. The fraction of sp³-hybridized carbons (Fsp3) is 0.467. The van der Waals surface area contributed by atoms with Gasteiger partial charge in [0.25, 0.3) is 0 Å². The number of fused-ring (bicyclic) bond motifs is 1. The maximum absolute atomic E-state index is 12.3. The van der Waals surface area contributed by atoms with Gasteiger partial charge in [-0.15, -0.1) is 0 Å². The number of nitrogens with zero attached hydrogens (tertiary/aromatic N) is 1. The zero-order valence-electron chi connectivity index (χ0n) is 11.7. The van der Waals surface area contributed by atoms with E-state index in [2.05, 4.69) is 11.9 Å². The maximum Gasteiger partial charge on any atom is 0.218 e. The second kappa shape index (κ2) is 5.22. The molecule has 108 valence electrons. The molecule has 5 heteroatoms. The Balaban J connectivity index is 1.90. The summed E-state index contributed by atoms with van der Waals surface area (Å²) in [7, 11) is -3.16. The van der Waals surface area contributed by atoms with Gasteiger partial charge >= 0.3 is 0 Å². The van der Waals surface area contributed by atoms with Crippen LogP contribution in [0.15, 0.2) is 24.4 Å². The molecule has 0 bridgehead atoms. The van der Waals surface area contributed by atoms with Crippen LogP contribution in [-0.2, 0) is 22.2 Å². The third-order valence-corrected chi connectivity index (χ3v) is 5.87. The molecule has 0 unspecified atom stereocenters. The molecule has 0 aliphatic carbocycles. The van der Waals surface area contributed by atoms with Gasteiger partial charge in [0, 0.05) is 30.2 Å². The van der Waals surface area contributed by atoms with Crippen molar-refractivity contribution < 1.29 is 8.42 Å². The summed E-state index contributed by atoms with van der Waals surface area (Å²) in [6, 6.07) is 5.90. The van der Waals surface area contributed by atoms with Crippen molar-refractivity contribution in [3.8, 4) is 0 Å². The van der Waals surface area contributed by atoms with Gasteiger partial charge in [0.2, 0.25) is 10.0 Å². The summed E-state index contributed by atoms with van der Waals surface area (Å²) in [5.41, 5.74) is 3.18. The van der Waals surface area contributed by atoms with E-state index in [9.17, 15) is 8.42 Å². The number of hydrogen-bond donors (Lipinski definition) is 1. The zero-order chi connectivity index (χ0) is 14.2. The van der Waals surface area contributed by atoms with E-state index < -0.39 is 10.0 Å². The van der Waals surface area contributed by atoms with Gasteiger partial charge in [-0.1, -0.05) is 13.0 Å². The van der Waals surface area contributed by atoms with Crippen LogP contribution in [0.1, 0.15) is 30.9 Å². The van der Waals surface area contributed by atoms with E-state index in [4.69, 9.17) is 0 Å². The number of aromatic nitrogens is 1. The zero-order valence-corrected chi connectivity index (χ0v) is 12.5. The lowest BCUT2D eigenvalue weighted by Crippen LogP contribution is -2.29. The minimum absolute atomic E-state index is 0.108. The number of hydrogen-bond acceptors (Lipinski definition) is 2. The molecule has 0 amide bonds. The fourth-order valence-electron chi connectivity index (χ4n) is 2.88. The summed E-state index contributed by atoms with van der Waals surface area (Å²) >= 11 is 0. The highest BCUT2D eigenvalue weighted by Gasteiger charge is 2.25. The minimum atomic E-state index is -3.16. The first-order chi connectivity index (χ1) is 9.60. The summed E-state index contributed by atoms with van der Waals surface area (Å²) in [5.74, 6) is 0.108. The Morgan fingerprint density at radius 1 is 1.25 bits per heavy atom. The Kier molecular flexibility index (Phi) is 3.56. The van der Waals surface area contributed by atoms with Crippen molar-refractivity contribution in [3.05, 3.63) is 35.5 Å². The van der Waals surface area contributed by atoms with Crippen LogP contribution in [0.25, 0.3) is 10.9 Å². The molecule has 1 aliphatic heterocycles. The maximum atomic E-state index is 12.3. The Hall–Kier alpha value is -1.33.